The van der Waals surface area contributed by atoms with Crippen LogP contribution in [-0.4, -0.2) is 34.4 Å². The lowest BCUT2D eigenvalue weighted by Gasteiger charge is -2.32. The summed E-state index contributed by atoms with van der Waals surface area (Å²) < 4.78 is 46.6. The van der Waals surface area contributed by atoms with Crippen LogP contribution < -0.4 is 14.5 Å². The number of halogens is 3. The average Bonchev–Trinajstić information content (AvgIpc) is 2.99. The third-order valence-corrected chi connectivity index (χ3v) is 6.74. The van der Waals surface area contributed by atoms with Gasteiger partial charge in [-0.05, 0) is 93.7 Å². The number of rotatable bonds is 5. The lowest BCUT2D eigenvalue weighted by molar-refractivity contribution is -0.137. The van der Waals surface area contributed by atoms with E-state index in [9.17, 15) is 18.0 Å². The molecule has 184 valence electrons. The van der Waals surface area contributed by atoms with Gasteiger partial charge in [0.2, 0.25) is 0 Å². The highest BCUT2D eigenvalue weighted by molar-refractivity contribution is 7.81. The summed E-state index contributed by atoms with van der Waals surface area (Å²) in [5.41, 5.74) is -1.26. The van der Waals surface area contributed by atoms with Gasteiger partial charge in [0.1, 0.15) is 11.3 Å². The molecule has 0 aromatic heterocycles. The van der Waals surface area contributed by atoms with E-state index in [1.54, 1.807) is 30.9 Å². The maximum absolute atomic E-state index is 13.5. The molecule has 0 saturated carbocycles. The summed E-state index contributed by atoms with van der Waals surface area (Å²) in [6.45, 7) is 3.44. The molecule has 1 saturated heterocycles. The van der Waals surface area contributed by atoms with Crippen LogP contribution >= 0.6 is 12.2 Å². The van der Waals surface area contributed by atoms with Gasteiger partial charge in [-0.15, -0.1) is 0 Å². The van der Waals surface area contributed by atoms with Crippen LogP contribution in [0.15, 0.2) is 36.4 Å². The number of thiocarbonyl (C=S) groups is 1. The van der Waals surface area contributed by atoms with Crippen LogP contribution in [-0.2, 0) is 17.4 Å². The first kappa shape index (κ1) is 24.9. The van der Waals surface area contributed by atoms with E-state index in [1.807, 2.05) is 12.1 Å². The summed E-state index contributed by atoms with van der Waals surface area (Å²) in [4.78, 5) is 16.1. The number of aryl methyl sites for hydroxylation is 1. The predicted molar refractivity (Wildman–Crippen MR) is 128 cm³/mol. The van der Waals surface area contributed by atoms with Crippen LogP contribution in [0.1, 0.15) is 49.8 Å². The third-order valence-electron chi connectivity index (χ3n) is 6.37. The summed E-state index contributed by atoms with van der Waals surface area (Å²) in [5.74, 6) is 0.259. The fourth-order valence-electron chi connectivity index (χ4n) is 4.55. The van der Waals surface area contributed by atoms with E-state index < -0.39 is 28.7 Å². The molecule has 2 aliphatic heterocycles. The average molecular weight is 504 g/mol. The van der Waals surface area contributed by atoms with Gasteiger partial charge >= 0.3 is 6.18 Å². The lowest BCUT2D eigenvalue weighted by atomic mass is 9.97. The Morgan fingerprint density at radius 3 is 2.60 bits per heavy atom. The minimum atomic E-state index is -4.76. The number of aliphatic hydroxyl groups excluding tert-OH is 1. The summed E-state index contributed by atoms with van der Waals surface area (Å²) >= 11 is 5.60. The SMILES string of the molecule is CC1(C)C(=O)N(c2ccc(C#N)c(C(F)(F)F)c2)C(=S)N1c1ccc2c(c1)CCC(CCCO)O2. The van der Waals surface area contributed by atoms with Gasteiger partial charge in [0.15, 0.2) is 5.11 Å². The van der Waals surface area contributed by atoms with Crippen molar-refractivity contribution in [2.75, 3.05) is 16.4 Å². The van der Waals surface area contributed by atoms with Crippen molar-refractivity contribution in [3.05, 3.63) is 53.1 Å². The number of anilines is 2. The Labute approximate surface area is 206 Å². The number of alkyl halides is 3. The Kier molecular flexibility index (Phi) is 6.51. The van der Waals surface area contributed by atoms with E-state index in [0.29, 0.717) is 12.1 Å². The van der Waals surface area contributed by atoms with Gasteiger partial charge in [-0.1, -0.05) is 0 Å². The predicted octanol–water partition coefficient (Wildman–Crippen LogP) is 4.96. The molecule has 2 aliphatic rings. The van der Waals surface area contributed by atoms with Crippen molar-refractivity contribution < 1.29 is 27.8 Å². The molecular formula is C25H24F3N3O3S. The van der Waals surface area contributed by atoms with Crippen molar-refractivity contribution in [3.63, 3.8) is 0 Å². The molecule has 0 radical (unpaired) electrons. The second-order valence-electron chi connectivity index (χ2n) is 9.09. The van der Waals surface area contributed by atoms with Gasteiger partial charge in [-0.25, -0.2) is 0 Å². The second-order valence-corrected chi connectivity index (χ2v) is 9.46. The van der Waals surface area contributed by atoms with Crippen molar-refractivity contribution >= 4 is 34.6 Å². The minimum Gasteiger partial charge on any atom is -0.490 e. The van der Waals surface area contributed by atoms with Crippen LogP contribution in [0.4, 0.5) is 24.5 Å². The molecule has 2 aromatic rings. The molecule has 1 fully saturated rings. The number of fused-ring (bicyclic) bond motifs is 1. The number of ether oxygens (including phenoxy) is 1. The zero-order valence-electron chi connectivity index (χ0n) is 19.2. The summed E-state index contributed by atoms with van der Waals surface area (Å²) in [7, 11) is 0. The van der Waals surface area contributed by atoms with Crippen LogP contribution in [0, 0.1) is 11.3 Å². The maximum atomic E-state index is 13.5. The van der Waals surface area contributed by atoms with Gasteiger partial charge in [-0.2, -0.15) is 18.4 Å². The van der Waals surface area contributed by atoms with E-state index in [2.05, 4.69) is 0 Å². The molecule has 10 heteroatoms. The Morgan fingerprint density at radius 2 is 1.94 bits per heavy atom. The molecule has 1 unspecified atom stereocenters. The monoisotopic (exact) mass is 503 g/mol. The zero-order valence-corrected chi connectivity index (χ0v) is 20.0. The first-order chi connectivity index (χ1) is 16.5. The molecule has 1 N–H and O–H groups in total. The van der Waals surface area contributed by atoms with Crippen molar-refractivity contribution in [1.29, 1.82) is 5.26 Å². The van der Waals surface area contributed by atoms with Gasteiger partial charge in [0.25, 0.3) is 5.91 Å². The van der Waals surface area contributed by atoms with Crippen LogP contribution in [0.25, 0.3) is 0 Å². The van der Waals surface area contributed by atoms with E-state index >= 15 is 0 Å². The highest BCUT2D eigenvalue weighted by Gasteiger charge is 2.51. The Bertz CT molecular complexity index is 1220. The Morgan fingerprint density at radius 1 is 1.23 bits per heavy atom. The number of amides is 1. The highest BCUT2D eigenvalue weighted by atomic mass is 32.1. The molecule has 2 heterocycles. The van der Waals surface area contributed by atoms with Crippen LogP contribution in [0.3, 0.4) is 0 Å². The first-order valence-electron chi connectivity index (χ1n) is 11.2. The van der Waals surface area contributed by atoms with E-state index in [4.69, 9.17) is 27.3 Å². The van der Waals surface area contributed by atoms with Gasteiger partial charge in [-0.3, -0.25) is 9.69 Å². The zero-order chi connectivity index (χ0) is 25.5. The highest BCUT2D eigenvalue weighted by Crippen LogP contribution is 2.41. The first-order valence-corrected chi connectivity index (χ1v) is 11.6. The Balaban J connectivity index is 1.68. The molecule has 4 rings (SSSR count). The molecule has 1 amide bonds. The van der Waals surface area contributed by atoms with Crippen molar-refractivity contribution in [2.45, 2.75) is 57.3 Å². The standard InChI is InChI=1S/C25H24F3N3O3S/c1-24(2)22(33)30(17-7-5-16(14-29)20(13-17)25(26,27)28)23(35)31(24)18-8-10-21-15(12-18)6-9-19(34-21)4-3-11-32/h5,7-8,10,12-13,19,32H,3-4,6,9,11H2,1-2H3. The van der Waals surface area contributed by atoms with Crippen molar-refractivity contribution in [3.8, 4) is 11.8 Å². The van der Waals surface area contributed by atoms with Crippen LogP contribution in [0.5, 0.6) is 5.75 Å². The number of aliphatic hydroxyl groups is 1. The molecular weight excluding hydrogens is 479 g/mol. The number of carbonyl (C=O) groups is 1. The van der Waals surface area contributed by atoms with E-state index in [-0.39, 0.29) is 23.5 Å². The summed E-state index contributed by atoms with van der Waals surface area (Å²) in [6, 6.07) is 10.2. The summed E-state index contributed by atoms with van der Waals surface area (Å²) in [5, 5.41) is 18.2. The second kappa shape index (κ2) is 9.13. The number of carbonyl (C=O) groups excluding carboxylic acids is 1. The topological polar surface area (TPSA) is 76.8 Å². The minimum absolute atomic E-state index is 0.0288. The molecule has 35 heavy (non-hydrogen) atoms. The maximum Gasteiger partial charge on any atom is 0.417 e. The number of nitrogens with zero attached hydrogens (tertiary/aromatic N) is 3. The van der Waals surface area contributed by atoms with Crippen molar-refractivity contribution in [1.82, 2.24) is 0 Å². The van der Waals surface area contributed by atoms with Crippen LogP contribution in [0.2, 0.25) is 0 Å². The molecule has 2 aromatic carbocycles. The smallest absolute Gasteiger partial charge is 0.417 e. The molecule has 0 aliphatic carbocycles. The Hall–Kier alpha value is -3.16. The normalized spacial score (nSPS) is 19.4. The summed E-state index contributed by atoms with van der Waals surface area (Å²) in [6.07, 6.45) is -1.76. The lowest BCUT2D eigenvalue weighted by Crippen LogP contribution is -2.44. The van der Waals surface area contributed by atoms with E-state index in [0.717, 1.165) is 47.6 Å². The number of hydrogen-bond donors (Lipinski definition) is 1. The largest absolute Gasteiger partial charge is 0.490 e. The fourth-order valence-corrected chi connectivity index (χ4v) is 5.07. The molecule has 6 nitrogen and oxygen atoms in total. The number of nitriles is 1. The molecule has 0 spiro atoms. The molecule has 1 atom stereocenters. The van der Waals surface area contributed by atoms with E-state index in [1.165, 1.54) is 6.07 Å². The number of hydrogen-bond acceptors (Lipinski definition) is 5. The number of benzene rings is 2. The van der Waals surface area contributed by atoms with Gasteiger partial charge < -0.3 is 14.7 Å². The van der Waals surface area contributed by atoms with Gasteiger partial charge in [0, 0.05) is 12.3 Å². The van der Waals surface area contributed by atoms with Crippen molar-refractivity contribution in [2.24, 2.45) is 0 Å². The quantitative estimate of drug-likeness (QED) is 0.582. The fraction of sp³-hybridized carbons (Fsp3) is 0.400. The van der Waals surface area contributed by atoms with Gasteiger partial charge in [0.05, 0.1) is 29.0 Å². The molecule has 0 bridgehead atoms. The third kappa shape index (κ3) is 4.46.